The van der Waals surface area contributed by atoms with Crippen molar-refractivity contribution in [3.8, 4) is 5.75 Å². The Balaban J connectivity index is 1.84. The van der Waals surface area contributed by atoms with Crippen molar-refractivity contribution >= 4 is 0 Å². The van der Waals surface area contributed by atoms with Crippen molar-refractivity contribution in [2.45, 2.75) is 59.4 Å². The van der Waals surface area contributed by atoms with Gasteiger partial charge in [0.15, 0.2) is 5.75 Å². The van der Waals surface area contributed by atoms with Crippen LogP contribution in [0.4, 0.5) is 0 Å². The van der Waals surface area contributed by atoms with E-state index in [-0.39, 0.29) is 5.54 Å². The molecule has 0 spiro atoms. The number of rotatable bonds is 6. The number of nitrogens with one attached hydrogen (secondary N) is 1. The molecule has 0 atom stereocenters. The van der Waals surface area contributed by atoms with Gasteiger partial charge >= 0.3 is 0 Å². The molecule has 0 saturated heterocycles. The van der Waals surface area contributed by atoms with Gasteiger partial charge in [0.25, 0.3) is 0 Å². The summed E-state index contributed by atoms with van der Waals surface area (Å²) in [5, 5.41) is 7.63. The highest BCUT2D eigenvalue weighted by molar-refractivity contribution is 5.13. The molecule has 0 amide bonds. The Kier molecular flexibility index (Phi) is 4.73. The van der Waals surface area contributed by atoms with E-state index in [0.717, 1.165) is 23.8 Å². The van der Waals surface area contributed by atoms with Gasteiger partial charge < -0.3 is 14.5 Å². The van der Waals surface area contributed by atoms with Gasteiger partial charge in [-0.25, -0.2) is 0 Å². The SMILES string of the molecule is CC(C)n1cc(OCc2ccc(CNC(C)(C)C)o2)cn1. The summed E-state index contributed by atoms with van der Waals surface area (Å²) in [5.74, 6) is 2.49. The van der Waals surface area contributed by atoms with Crippen molar-refractivity contribution in [1.82, 2.24) is 15.1 Å². The summed E-state index contributed by atoms with van der Waals surface area (Å²) in [7, 11) is 0. The first-order valence-electron chi connectivity index (χ1n) is 7.33. The van der Waals surface area contributed by atoms with E-state index in [1.165, 1.54) is 0 Å². The second-order valence-electron chi connectivity index (χ2n) is 6.51. The lowest BCUT2D eigenvalue weighted by atomic mass is 10.1. The van der Waals surface area contributed by atoms with Crippen LogP contribution in [0, 0.1) is 0 Å². The smallest absolute Gasteiger partial charge is 0.157 e. The molecule has 0 aliphatic heterocycles. The van der Waals surface area contributed by atoms with Gasteiger partial charge in [0, 0.05) is 11.6 Å². The minimum Gasteiger partial charge on any atom is -0.482 e. The maximum absolute atomic E-state index is 5.74. The highest BCUT2D eigenvalue weighted by Crippen LogP contribution is 2.16. The van der Waals surface area contributed by atoms with Crippen LogP contribution in [0.5, 0.6) is 5.75 Å². The first-order valence-corrected chi connectivity index (χ1v) is 7.33. The Morgan fingerprint density at radius 3 is 2.62 bits per heavy atom. The van der Waals surface area contributed by atoms with Crippen molar-refractivity contribution in [2.75, 3.05) is 0 Å². The van der Waals surface area contributed by atoms with Gasteiger partial charge in [-0.1, -0.05) is 0 Å². The normalized spacial score (nSPS) is 12.1. The summed E-state index contributed by atoms with van der Waals surface area (Å²) in [5.41, 5.74) is 0.0783. The van der Waals surface area contributed by atoms with Crippen LogP contribution in [0.3, 0.4) is 0 Å². The zero-order chi connectivity index (χ0) is 15.5. The second-order valence-corrected chi connectivity index (χ2v) is 6.51. The Hall–Kier alpha value is -1.75. The molecular weight excluding hydrogens is 266 g/mol. The number of furan rings is 1. The molecule has 21 heavy (non-hydrogen) atoms. The van der Waals surface area contributed by atoms with Gasteiger partial charge in [-0.3, -0.25) is 4.68 Å². The predicted octanol–water partition coefficient (Wildman–Crippen LogP) is 3.52. The molecule has 1 N–H and O–H groups in total. The van der Waals surface area contributed by atoms with E-state index < -0.39 is 0 Å². The molecule has 0 radical (unpaired) electrons. The highest BCUT2D eigenvalue weighted by Gasteiger charge is 2.11. The maximum Gasteiger partial charge on any atom is 0.157 e. The number of ether oxygens (including phenoxy) is 1. The van der Waals surface area contributed by atoms with Gasteiger partial charge in [-0.2, -0.15) is 5.10 Å². The zero-order valence-electron chi connectivity index (χ0n) is 13.5. The van der Waals surface area contributed by atoms with E-state index >= 15 is 0 Å². The number of hydrogen-bond acceptors (Lipinski definition) is 4. The van der Waals surface area contributed by atoms with E-state index in [1.807, 2.05) is 23.0 Å². The molecule has 0 aliphatic rings. The fourth-order valence-electron chi connectivity index (χ4n) is 1.78. The number of aromatic nitrogens is 2. The molecule has 5 heteroatoms. The minimum atomic E-state index is 0.0783. The van der Waals surface area contributed by atoms with Crippen LogP contribution in [0.1, 0.15) is 52.2 Å². The molecule has 5 nitrogen and oxygen atoms in total. The maximum atomic E-state index is 5.74. The van der Waals surface area contributed by atoms with Crippen LogP contribution in [0.15, 0.2) is 28.9 Å². The van der Waals surface area contributed by atoms with E-state index in [2.05, 4.69) is 45.0 Å². The Morgan fingerprint density at radius 1 is 1.29 bits per heavy atom. The first-order chi connectivity index (χ1) is 9.83. The fourth-order valence-corrected chi connectivity index (χ4v) is 1.78. The van der Waals surface area contributed by atoms with Crippen molar-refractivity contribution in [1.29, 1.82) is 0 Å². The van der Waals surface area contributed by atoms with Gasteiger partial charge in [0.2, 0.25) is 0 Å². The summed E-state index contributed by atoms with van der Waals surface area (Å²) in [6.07, 6.45) is 3.63. The number of hydrogen-bond donors (Lipinski definition) is 1. The molecule has 0 aromatic carbocycles. The molecule has 2 aromatic heterocycles. The predicted molar refractivity (Wildman–Crippen MR) is 82.2 cm³/mol. The van der Waals surface area contributed by atoms with Crippen LogP contribution in [0.2, 0.25) is 0 Å². The topological polar surface area (TPSA) is 52.2 Å². The summed E-state index contributed by atoms with van der Waals surface area (Å²) in [6.45, 7) is 11.7. The van der Waals surface area contributed by atoms with Crippen LogP contribution >= 0.6 is 0 Å². The summed E-state index contributed by atoms with van der Waals surface area (Å²) < 4.78 is 13.3. The molecule has 116 valence electrons. The Bertz CT molecular complexity index is 564. The lowest BCUT2D eigenvalue weighted by molar-refractivity contribution is 0.262. The quantitative estimate of drug-likeness (QED) is 0.884. The fraction of sp³-hybridized carbons (Fsp3) is 0.562. The van der Waals surface area contributed by atoms with Crippen LogP contribution in [-0.4, -0.2) is 15.3 Å². The third-order valence-electron chi connectivity index (χ3n) is 3.00. The van der Waals surface area contributed by atoms with Crippen LogP contribution in [0.25, 0.3) is 0 Å². The molecule has 0 bridgehead atoms. The lowest BCUT2D eigenvalue weighted by Gasteiger charge is -2.19. The Morgan fingerprint density at radius 2 is 2.00 bits per heavy atom. The summed E-state index contributed by atoms with van der Waals surface area (Å²) >= 11 is 0. The highest BCUT2D eigenvalue weighted by atomic mass is 16.5. The number of nitrogens with zero attached hydrogens (tertiary/aromatic N) is 2. The molecule has 2 rings (SSSR count). The largest absolute Gasteiger partial charge is 0.482 e. The van der Waals surface area contributed by atoms with E-state index in [9.17, 15) is 0 Å². The molecule has 0 unspecified atom stereocenters. The molecule has 0 aliphatic carbocycles. The van der Waals surface area contributed by atoms with Crippen molar-refractivity contribution in [3.63, 3.8) is 0 Å². The van der Waals surface area contributed by atoms with Crippen molar-refractivity contribution < 1.29 is 9.15 Å². The van der Waals surface area contributed by atoms with Gasteiger partial charge in [0.1, 0.15) is 18.1 Å². The third kappa shape index (κ3) is 4.93. The summed E-state index contributed by atoms with van der Waals surface area (Å²) in [4.78, 5) is 0. The van der Waals surface area contributed by atoms with Crippen molar-refractivity contribution in [3.05, 3.63) is 36.0 Å². The summed E-state index contributed by atoms with van der Waals surface area (Å²) in [6, 6.07) is 4.27. The van der Waals surface area contributed by atoms with Gasteiger partial charge in [0.05, 0.1) is 18.9 Å². The standard InChI is InChI=1S/C16H25N3O2/c1-12(2)19-10-15(9-18-19)20-11-14-7-6-13(21-14)8-17-16(3,4)5/h6-7,9-10,12,17H,8,11H2,1-5H3. The van der Waals surface area contributed by atoms with E-state index in [0.29, 0.717) is 12.6 Å². The second kappa shape index (κ2) is 6.35. The molecule has 0 fully saturated rings. The average molecular weight is 291 g/mol. The minimum absolute atomic E-state index is 0.0783. The monoisotopic (exact) mass is 291 g/mol. The van der Waals surface area contributed by atoms with Crippen LogP contribution < -0.4 is 10.1 Å². The Labute approximate surface area is 126 Å². The van der Waals surface area contributed by atoms with E-state index in [4.69, 9.17) is 9.15 Å². The molecule has 2 heterocycles. The van der Waals surface area contributed by atoms with Gasteiger partial charge in [-0.15, -0.1) is 0 Å². The van der Waals surface area contributed by atoms with E-state index in [1.54, 1.807) is 6.20 Å². The lowest BCUT2D eigenvalue weighted by Crippen LogP contribution is -2.34. The molecule has 2 aromatic rings. The molecule has 0 saturated carbocycles. The molecular formula is C16H25N3O2. The van der Waals surface area contributed by atoms with Gasteiger partial charge in [-0.05, 0) is 46.8 Å². The average Bonchev–Trinajstić information content (AvgIpc) is 3.02. The van der Waals surface area contributed by atoms with Crippen LogP contribution in [-0.2, 0) is 13.2 Å². The zero-order valence-corrected chi connectivity index (χ0v) is 13.5. The first kappa shape index (κ1) is 15.6. The third-order valence-corrected chi connectivity index (χ3v) is 3.00. The van der Waals surface area contributed by atoms with Crippen molar-refractivity contribution in [2.24, 2.45) is 0 Å².